The second-order valence-electron chi connectivity index (χ2n) is 15.9. The van der Waals surface area contributed by atoms with Gasteiger partial charge in [0, 0.05) is 42.3 Å². The Kier molecular flexibility index (Phi) is 10.5. The van der Waals surface area contributed by atoms with E-state index in [1.807, 2.05) is 19.1 Å². The molecule has 16 nitrogen and oxygen atoms in total. The van der Waals surface area contributed by atoms with E-state index in [1.165, 1.54) is 4.90 Å². The summed E-state index contributed by atoms with van der Waals surface area (Å²) >= 11 is 0. The fourth-order valence-corrected chi connectivity index (χ4v) is 9.35. The molecule has 1 saturated heterocycles. The van der Waals surface area contributed by atoms with E-state index in [1.54, 1.807) is 61.4 Å². The predicted octanol–water partition coefficient (Wildman–Crippen LogP) is 3.69. The third-order valence-corrected chi connectivity index (χ3v) is 14.0. The van der Waals surface area contributed by atoms with Gasteiger partial charge in [-0.2, -0.15) is 5.10 Å². The van der Waals surface area contributed by atoms with Crippen molar-refractivity contribution in [2.24, 2.45) is 17.8 Å². The van der Waals surface area contributed by atoms with Gasteiger partial charge in [0.25, 0.3) is 5.91 Å². The van der Waals surface area contributed by atoms with Crippen LogP contribution in [0.25, 0.3) is 16.7 Å². The molecule has 7 rings (SSSR count). The molecule has 17 heteroatoms. The lowest BCUT2D eigenvalue weighted by atomic mass is 9.85. The molecule has 300 valence electrons. The lowest BCUT2D eigenvalue weighted by Gasteiger charge is -2.33. The smallest absolute Gasteiger partial charge is 0.405 e. The molecule has 4 N–H and O–H groups in total. The summed E-state index contributed by atoms with van der Waals surface area (Å²) in [5.41, 5.74) is -1.01. The molecule has 0 unspecified atom stereocenters. The molecule has 4 amide bonds. The first-order chi connectivity index (χ1) is 26.7. The maximum atomic E-state index is 14.7. The van der Waals surface area contributed by atoms with Gasteiger partial charge in [-0.05, 0) is 75.5 Å². The van der Waals surface area contributed by atoms with Crippen LogP contribution in [0.1, 0.15) is 72.1 Å². The highest BCUT2D eigenvalue weighted by atomic mass is 32.2. The third kappa shape index (κ3) is 7.64. The molecule has 1 aromatic carbocycles. The first-order valence-corrected chi connectivity index (χ1v) is 20.7. The van der Waals surface area contributed by atoms with Gasteiger partial charge in [-0.3, -0.25) is 19.1 Å². The number of methoxy groups -OCH3 is 1. The summed E-state index contributed by atoms with van der Waals surface area (Å²) in [5.74, 6) is -1.37. The molecule has 2 aliphatic carbocycles. The van der Waals surface area contributed by atoms with Crippen LogP contribution in [-0.4, -0.2) is 99.1 Å². The highest BCUT2D eigenvalue weighted by Crippen LogP contribution is 2.48. The zero-order valence-corrected chi connectivity index (χ0v) is 32.8. The van der Waals surface area contributed by atoms with Crippen molar-refractivity contribution in [2.45, 2.75) is 101 Å². The van der Waals surface area contributed by atoms with Gasteiger partial charge in [0.05, 0.1) is 23.9 Å². The number of carboxylic acid groups (broad SMARTS) is 1. The Bertz CT molecular complexity index is 2160. The minimum Gasteiger partial charge on any atom is -0.497 e. The van der Waals surface area contributed by atoms with Crippen LogP contribution in [0.3, 0.4) is 0 Å². The number of allylic oxidation sites excluding steroid dienone is 1. The number of nitrogens with one attached hydrogen (secondary N) is 3. The van der Waals surface area contributed by atoms with Crippen LogP contribution in [0.2, 0.25) is 0 Å². The number of rotatable bonds is 9. The van der Waals surface area contributed by atoms with Gasteiger partial charge in [-0.1, -0.05) is 32.4 Å². The van der Waals surface area contributed by atoms with Gasteiger partial charge in [-0.25, -0.2) is 22.9 Å². The van der Waals surface area contributed by atoms with Crippen LogP contribution in [0.4, 0.5) is 4.79 Å². The van der Waals surface area contributed by atoms with E-state index in [9.17, 15) is 32.7 Å². The highest BCUT2D eigenvalue weighted by Gasteiger charge is 2.63. The summed E-state index contributed by atoms with van der Waals surface area (Å²) in [6.07, 6.45) is 8.48. The number of ether oxygens (including phenoxy) is 2. The number of amides is 4. The summed E-state index contributed by atoms with van der Waals surface area (Å²) in [5, 5.41) is 20.2. The van der Waals surface area contributed by atoms with E-state index in [0.717, 1.165) is 6.42 Å². The van der Waals surface area contributed by atoms with Crippen LogP contribution in [-0.2, 0) is 24.4 Å². The van der Waals surface area contributed by atoms with E-state index >= 15 is 0 Å². The number of aromatic nitrogens is 3. The quantitative estimate of drug-likeness (QED) is 0.230. The molecule has 2 aromatic heterocycles. The average molecular weight is 792 g/mol. The Morgan fingerprint density at radius 3 is 2.62 bits per heavy atom. The van der Waals surface area contributed by atoms with Gasteiger partial charge >= 0.3 is 6.09 Å². The molecule has 2 aliphatic heterocycles. The summed E-state index contributed by atoms with van der Waals surface area (Å²) in [4.78, 5) is 61.4. The fourth-order valence-electron chi connectivity index (χ4n) is 8.04. The van der Waals surface area contributed by atoms with Crippen LogP contribution >= 0.6 is 0 Å². The molecule has 4 aliphatic rings. The van der Waals surface area contributed by atoms with Crippen molar-refractivity contribution in [1.82, 2.24) is 35.0 Å². The number of hydrogen-bond acceptors (Lipinski definition) is 10. The Hall–Kier alpha value is -5.19. The largest absolute Gasteiger partial charge is 0.497 e. The number of benzene rings is 1. The topological polar surface area (TPSA) is 211 Å². The highest BCUT2D eigenvalue weighted by molar-refractivity contribution is 7.91. The summed E-state index contributed by atoms with van der Waals surface area (Å²) < 4.78 is 41.2. The molecular weight excluding hydrogens is 743 g/mol. The number of fused-ring (bicyclic) bond motifs is 3. The molecule has 2 saturated carbocycles. The molecular formula is C39H49N7O9S. The van der Waals surface area contributed by atoms with Gasteiger partial charge in [0.15, 0.2) is 5.82 Å². The molecule has 7 atom stereocenters. The zero-order chi connectivity index (χ0) is 40.0. The minimum absolute atomic E-state index is 0.00376. The summed E-state index contributed by atoms with van der Waals surface area (Å²) in [7, 11) is -2.47. The third-order valence-electron chi connectivity index (χ3n) is 11.9. The Morgan fingerprint density at radius 2 is 1.95 bits per heavy atom. The maximum Gasteiger partial charge on any atom is 0.405 e. The van der Waals surface area contributed by atoms with Crippen molar-refractivity contribution in [3.05, 3.63) is 54.9 Å². The van der Waals surface area contributed by atoms with Gasteiger partial charge in [0.2, 0.25) is 21.8 Å². The number of pyridine rings is 1. The van der Waals surface area contributed by atoms with Crippen LogP contribution in [0, 0.1) is 17.8 Å². The van der Waals surface area contributed by atoms with Gasteiger partial charge in [0.1, 0.15) is 35.2 Å². The van der Waals surface area contributed by atoms with Crippen molar-refractivity contribution in [2.75, 3.05) is 13.7 Å². The van der Waals surface area contributed by atoms with Gasteiger partial charge < -0.3 is 30.1 Å². The van der Waals surface area contributed by atoms with Crippen molar-refractivity contribution in [3.63, 3.8) is 0 Å². The zero-order valence-electron chi connectivity index (χ0n) is 31.9. The molecule has 0 bridgehead atoms. The number of hydrogen-bond donors (Lipinski definition) is 4. The number of carbonyl (C=O) groups is 4. The first-order valence-electron chi connectivity index (χ1n) is 19.2. The first kappa shape index (κ1) is 39.1. The molecule has 56 heavy (non-hydrogen) atoms. The van der Waals surface area contributed by atoms with E-state index < -0.39 is 68.2 Å². The monoisotopic (exact) mass is 791 g/mol. The normalized spacial score (nSPS) is 29.5. The van der Waals surface area contributed by atoms with Crippen LogP contribution < -0.4 is 24.8 Å². The number of sulfonamides is 1. The fraction of sp³-hybridized carbons (Fsp3) is 0.538. The van der Waals surface area contributed by atoms with Crippen LogP contribution in [0.5, 0.6) is 11.5 Å². The van der Waals surface area contributed by atoms with E-state index in [2.05, 4.69) is 27.4 Å². The van der Waals surface area contributed by atoms with Crippen molar-refractivity contribution < 1.29 is 42.2 Å². The minimum atomic E-state index is -4.02. The van der Waals surface area contributed by atoms with Gasteiger partial charge in [-0.15, -0.1) is 0 Å². The lowest BCUT2D eigenvalue weighted by molar-refractivity contribution is -0.142. The van der Waals surface area contributed by atoms with Crippen molar-refractivity contribution in [1.29, 1.82) is 0 Å². The maximum absolute atomic E-state index is 14.7. The molecule has 0 radical (unpaired) electrons. The van der Waals surface area contributed by atoms with E-state index in [-0.39, 0.29) is 31.2 Å². The number of carbonyl (C=O) groups excluding carboxylic acids is 3. The second kappa shape index (κ2) is 15.0. The van der Waals surface area contributed by atoms with E-state index in [4.69, 9.17) is 14.5 Å². The lowest BCUT2D eigenvalue weighted by Crippen LogP contribution is -2.59. The predicted molar refractivity (Wildman–Crippen MR) is 205 cm³/mol. The Balaban J connectivity index is 1.25. The van der Waals surface area contributed by atoms with Crippen molar-refractivity contribution >= 4 is 44.7 Å². The molecule has 3 aromatic rings. The Morgan fingerprint density at radius 1 is 1.16 bits per heavy atom. The Labute approximate surface area is 325 Å². The summed E-state index contributed by atoms with van der Waals surface area (Å²) in [6.45, 7) is 5.46. The number of nitrogens with zero attached hydrogens (tertiary/aromatic N) is 4. The summed E-state index contributed by atoms with van der Waals surface area (Å²) in [6, 6.07) is 6.45. The van der Waals surface area contributed by atoms with Crippen LogP contribution in [0.15, 0.2) is 54.9 Å². The molecule has 3 fully saturated rings. The van der Waals surface area contributed by atoms with Crippen molar-refractivity contribution in [3.8, 4) is 17.3 Å². The second-order valence-corrected chi connectivity index (χ2v) is 18.1. The molecule has 0 spiro atoms. The molecule has 4 heterocycles. The standard InChI is InChI=1S/C39H49N7O9S/c1-5-24-17-23(2)9-6-7-10-25-21-39(25,36(49)44-56(52,53)38(3)13-14-38)43-34(47)30-19-27(22-45(30)35(48)33(24)42-37(50)51)55-31-20-32(46-16-8-15-40-46)41-29-18-26(54-4)11-12-28(29)31/h7-8,10-12,15-16,18,20,23-25,27,30,33,42H,5-6,9,13-14,17,19,21-22H2,1-4H3,(H,43,47)(H,44,49)(H,50,51)/b10-7-/t23-,24-,25-,27-,30+,33+,39-/m1/s1. The average Bonchev–Trinajstić information content (AvgIpc) is 3.91. The van der Waals surface area contributed by atoms with E-state index in [0.29, 0.717) is 60.3 Å². The SMILES string of the molecule is CC[C@@H]1C[C@H](C)CC/C=C\[C@@H]2C[C@@]2(C(=O)NS(=O)(=O)C2(C)CC2)NC(=O)[C@@H]2C[C@@H](Oc3cc(-n4cccn4)nc4cc(OC)ccc34)CN2C(=O)[C@H]1NC(=O)O.